The third-order valence-corrected chi connectivity index (χ3v) is 4.91. The van der Waals surface area contributed by atoms with Crippen LogP contribution in [0.1, 0.15) is 5.56 Å². The van der Waals surface area contributed by atoms with E-state index in [0.717, 1.165) is 0 Å². The average molecular weight is 325 g/mol. The minimum atomic E-state index is -3.13. The van der Waals surface area contributed by atoms with Gasteiger partial charge in [-0.2, -0.15) is 4.31 Å². The number of anilines is 1. The van der Waals surface area contributed by atoms with Crippen LogP contribution < -0.4 is 4.90 Å². The van der Waals surface area contributed by atoms with E-state index >= 15 is 0 Å². The first kappa shape index (κ1) is 14.8. The van der Waals surface area contributed by atoms with Crippen molar-refractivity contribution >= 4 is 39.0 Å². The molecule has 0 N–H and O–H groups in total. The third-order valence-electron chi connectivity index (χ3n) is 3.01. The minimum absolute atomic E-state index is 0.224. The molecule has 1 aliphatic heterocycles. The van der Waals surface area contributed by atoms with Crippen molar-refractivity contribution in [3.8, 4) is 0 Å². The summed E-state index contributed by atoms with van der Waals surface area (Å²) in [5, 5.41) is 0.338. The number of halogens is 2. The molecule has 0 spiro atoms. The summed E-state index contributed by atoms with van der Waals surface area (Å²) in [6, 6.07) is 0. The van der Waals surface area contributed by atoms with Crippen molar-refractivity contribution in [3.63, 3.8) is 0 Å². The molecule has 1 saturated heterocycles. The number of rotatable bonds is 3. The molecule has 0 unspecified atom stereocenters. The summed E-state index contributed by atoms with van der Waals surface area (Å²) < 4.78 is 24.3. The van der Waals surface area contributed by atoms with Gasteiger partial charge in [0.2, 0.25) is 10.0 Å². The summed E-state index contributed by atoms with van der Waals surface area (Å²) in [4.78, 5) is 10.1. The van der Waals surface area contributed by atoms with Crippen LogP contribution in [0.25, 0.3) is 0 Å². The highest BCUT2D eigenvalue weighted by Gasteiger charge is 2.25. The molecule has 1 fully saturated rings. The normalized spacial score (nSPS) is 17.7. The van der Waals surface area contributed by atoms with Crippen LogP contribution >= 0.6 is 23.2 Å². The van der Waals surface area contributed by atoms with Crippen LogP contribution in [-0.2, 0) is 15.9 Å². The predicted molar refractivity (Wildman–Crippen MR) is 75.2 cm³/mol. The van der Waals surface area contributed by atoms with Crippen LogP contribution in [0.15, 0.2) is 6.33 Å². The number of nitrogens with zero attached hydrogens (tertiary/aromatic N) is 4. The molecule has 2 heterocycles. The summed E-state index contributed by atoms with van der Waals surface area (Å²) in [6.07, 6.45) is 2.60. The highest BCUT2D eigenvalue weighted by atomic mass is 35.5. The van der Waals surface area contributed by atoms with Gasteiger partial charge in [0.05, 0.1) is 12.1 Å². The smallest absolute Gasteiger partial charge is 0.211 e. The van der Waals surface area contributed by atoms with E-state index < -0.39 is 10.0 Å². The van der Waals surface area contributed by atoms with Gasteiger partial charge >= 0.3 is 0 Å². The molecule has 0 aliphatic carbocycles. The molecule has 19 heavy (non-hydrogen) atoms. The molecule has 0 aromatic carbocycles. The summed E-state index contributed by atoms with van der Waals surface area (Å²) in [6.45, 7) is 1.99. The van der Waals surface area contributed by atoms with Crippen LogP contribution in [0.3, 0.4) is 0 Å². The Hall–Kier alpha value is -0.630. The van der Waals surface area contributed by atoms with Crippen molar-refractivity contribution < 1.29 is 8.42 Å². The van der Waals surface area contributed by atoms with Gasteiger partial charge in [-0.15, -0.1) is 11.6 Å². The lowest BCUT2D eigenvalue weighted by Crippen LogP contribution is -2.48. The Labute approximate surface area is 122 Å². The van der Waals surface area contributed by atoms with Gasteiger partial charge in [-0.1, -0.05) is 11.6 Å². The van der Waals surface area contributed by atoms with E-state index in [1.54, 1.807) is 0 Å². The van der Waals surface area contributed by atoms with Crippen LogP contribution in [0.2, 0.25) is 5.15 Å². The zero-order chi connectivity index (χ0) is 14.0. The van der Waals surface area contributed by atoms with E-state index in [9.17, 15) is 8.42 Å². The van der Waals surface area contributed by atoms with Crippen molar-refractivity contribution in [3.05, 3.63) is 17.0 Å². The molecule has 0 bridgehead atoms. The number of aromatic nitrogens is 2. The van der Waals surface area contributed by atoms with Gasteiger partial charge in [0.25, 0.3) is 0 Å². The largest absolute Gasteiger partial charge is 0.354 e. The summed E-state index contributed by atoms with van der Waals surface area (Å²) >= 11 is 11.8. The maximum atomic E-state index is 11.4. The Morgan fingerprint density at radius 1 is 1.26 bits per heavy atom. The van der Waals surface area contributed by atoms with E-state index in [1.165, 1.54) is 16.9 Å². The molecule has 106 valence electrons. The van der Waals surface area contributed by atoms with E-state index in [0.29, 0.717) is 42.7 Å². The van der Waals surface area contributed by atoms with Gasteiger partial charge in [0.15, 0.2) is 0 Å². The van der Waals surface area contributed by atoms with Crippen molar-refractivity contribution in [1.82, 2.24) is 14.3 Å². The number of alkyl halides is 1. The van der Waals surface area contributed by atoms with Crippen LogP contribution in [0.4, 0.5) is 5.82 Å². The van der Waals surface area contributed by atoms with Crippen LogP contribution in [0, 0.1) is 0 Å². The monoisotopic (exact) mass is 324 g/mol. The first-order valence-electron chi connectivity index (χ1n) is 5.69. The average Bonchev–Trinajstić information content (AvgIpc) is 2.37. The van der Waals surface area contributed by atoms with Gasteiger partial charge in [0.1, 0.15) is 17.3 Å². The molecule has 6 nitrogen and oxygen atoms in total. The number of hydrogen-bond donors (Lipinski definition) is 0. The molecule has 0 radical (unpaired) electrons. The van der Waals surface area contributed by atoms with Gasteiger partial charge in [-0.3, -0.25) is 0 Å². The molecule has 2 rings (SSSR count). The Morgan fingerprint density at radius 2 is 1.89 bits per heavy atom. The fourth-order valence-electron chi connectivity index (χ4n) is 2.00. The summed E-state index contributed by atoms with van der Waals surface area (Å²) in [5.41, 5.74) is 0.679. The van der Waals surface area contributed by atoms with Crippen molar-refractivity contribution in [1.29, 1.82) is 0 Å². The van der Waals surface area contributed by atoms with Crippen molar-refractivity contribution in [2.24, 2.45) is 0 Å². The molecule has 1 aliphatic rings. The predicted octanol–water partition coefficient (Wildman–Crippen LogP) is 0.950. The van der Waals surface area contributed by atoms with Gasteiger partial charge in [-0.25, -0.2) is 18.4 Å². The zero-order valence-corrected chi connectivity index (χ0v) is 12.7. The first-order valence-corrected chi connectivity index (χ1v) is 8.45. The lowest BCUT2D eigenvalue weighted by molar-refractivity contribution is 0.386. The van der Waals surface area contributed by atoms with E-state index in [4.69, 9.17) is 23.2 Å². The van der Waals surface area contributed by atoms with Crippen molar-refractivity contribution in [2.75, 3.05) is 37.3 Å². The second kappa shape index (κ2) is 5.78. The van der Waals surface area contributed by atoms with E-state index in [-0.39, 0.29) is 5.88 Å². The van der Waals surface area contributed by atoms with E-state index in [1.807, 2.05) is 4.90 Å². The topological polar surface area (TPSA) is 66.4 Å². The van der Waals surface area contributed by atoms with Crippen LogP contribution in [0.5, 0.6) is 0 Å². The molecule has 0 saturated carbocycles. The SMILES string of the molecule is CS(=O)(=O)N1CCN(c2ncnc(Cl)c2CCl)CC1. The maximum absolute atomic E-state index is 11.4. The minimum Gasteiger partial charge on any atom is -0.354 e. The molecular formula is C10H14Cl2N4O2S. The van der Waals surface area contributed by atoms with Crippen LogP contribution in [-0.4, -0.2) is 55.1 Å². The fourth-order valence-corrected chi connectivity index (χ4v) is 3.34. The first-order chi connectivity index (χ1) is 8.93. The van der Waals surface area contributed by atoms with Gasteiger partial charge in [-0.05, 0) is 0 Å². The van der Waals surface area contributed by atoms with Gasteiger partial charge < -0.3 is 4.90 Å². The lowest BCUT2D eigenvalue weighted by atomic mass is 10.3. The maximum Gasteiger partial charge on any atom is 0.211 e. The summed E-state index contributed by atoms with van der Waals surface area (Å²) in [7, 11) is -3.13. The number of hydrogen-bond acceptors (Lipinski definition) is 5. The second-order valence-electron chi connectivity index (χ2n) is 4.25. The number of sulfonamides is 1. The molecule has 0 amide bonds. The molecule has 1 aromatic rings. The highest BCUT2D eigenvalue weighted by Crippen LogP contribution is 2.26. The zero-order valence-electron chi connectivity index (χ0n) is 10.4. The third kappa shape index (κ3) is 3.28. The Balaban J connectivity index is 2.16. The Bertz CT molecular complexity index is 559. The van der Waals surface area contributed by atoms with Gasteiger partial charge in [0, 0.05) is 31.7 Å². The second-order valence-corrected chi connectivity index (χ2v) is 6.86. The van der Waals surface area contributed by atoms with Crippen molar-refractivity contribution in [2.45, 2.75) is 5.88 Å². The number of piperazine rings is 1. The summed E-state index contributed by atoms with van der Waals surface area (Å²) in [5.74, 6) is 0.907. The molecule has 0 atom stereocenters. The molecule has 9 heteroatoms. The Morgan fingerprint density at radius 3 is 2.42 bits per heavy atom. The fraction of sp³-hybridized carbons (Fsp3) is 0.600. The molecular weight excluding hydrogens is 311 g/mol. The quantitative estimate of drug-likeness (QED) is 0.611. The Kier molecular flexibility index (Phi) is 4.50. The highest BCUT2D eigenvalue weighted by molar-refractivity contribution is 7.88. The standard InChI is InChI=1S/C10H14Cl2N4O2S/c1-19(17,18)16-4-2-15(3-5-16)10-8(6-11)9(12)13-7-14-10/h7H,2-6H2,1H3. The lowest BCUT2D eigenvalue weighted by Gasteiger charge is -2.34. The molecule has 1 aromatic heterocycles. The van der Waals surface area contributed by atoms with E-state index in [2.05, 4.69) is 9.97 Å².